The highest BCUT2D eigenvalue weighted by atomic mass is 79.9. The maximum Gasteiger partial charge on any atom is 0.335 e. The lowest BCUT2D eigenvalue weighted by Gasteiger charge is -2.27. The van der Waals surface area contributed by atoms with Gasteiger partial charge in [0.25, 0.3) is 11.8 Å². The third-order valence-electron chi connectivity index (χ3n) is 5.77. The zero-order valence-corrected chi connectivity index (χ0v) is 22.0. The molecule has 3 aromatic carbocycles. The second-order valence-electron chi connectivity index (χ2n) is 8.33. The van der Waals surface area contributed by atoms with Crippen molar-refractivity contribution in [3.63, 3.8) is 0 Å². The second kappa shape index (κ2) is 10.6. The number of rotatable bonds is 6. The number of barbiturate groups is 1. The molecule has 0 aliphatic carbocycles. The zero-order valence-electron chi connectivity index (χ0n) is 19.7. The fraction of sp³-hybridized carbons (Fsp3) is 0.111. The van der Waals surface area contributed by atoms with Crippen molar-refractivity contribution in [2.24, 2.45) is 0 Å². The number of aryl methyl sites for hydroxylation is 2. The third kappa shape index (κ3) is 5.58. The third-order valence-corrected chi connectivity index (χ3v) is 6.64. The number of hydrogen-bond acceptors (Lipinski definition) is 5. The number of halogens is 2. The fourth-order valence-electron chi connectivity index (χ4n) is 3.62. The van der Waals surface area contributed by atoms with E-state index >= 15 is 0 Å². The first-order valence-electron chi connectivity index (χ1n) is 11.0. The maximum absolute atomic E-state index is 13.2. The molecule has 37 heavy (non-hydrogen) atoms. The van der Waals surface area contributed by atoms with E-state index in [1.54, 1.807) is 36.4 Å². The summed E-state index contributed by atoms with van der Waals surface area (Å²) >= 11 is 9.83. The van der Waals surface area contributed by atoms with E-state index in [2.05, 4.69) is 21.2 Å². The lowest BCUT2D eigenvalue weighted by molar-refractivity contribution is -0.122. The first kappa shape index (κ1) is 26.1. The highest BCUT2D eigenvalue weighted by Crippen LogP contribution is 2.36. The molecule has 10 heteroatoms. The summed E-state index contributed by atoms with van der Waals surface area (Å²) < 4.78 is 6.28. The van der Waals surface area contributed by atoms with E-state index in [-0.39, 0.29) is 22.8 Å². The van der Waals surface area contributed by atoms with Crippen LogP contribution in [0.4, 0.5) is 10.5 Å². The van der Waals surface area contributed by atoms with Crippen LogP contribution in [-0.2, 0) is 16.2 Å². The molecule has 2 N–H and O–H groups in total. The van der Waals surface area contributed by atoms with Crippen molar-refractivity contribution in [3.05, 3.63) is 97.5 Å². The van der Waals surface area contributed by atoms with E-state index in [1.165, 1.54) is 24.3 Å². The molecule has 4 amide bonds. The molecule has 4 rings (SSSR count). The lowest BCUT2D eigenvalue weighted by Crippen LogP contribution is -2.54. The number of carbonyl (C=O) groups is 4. The van der Waals surface area contributed by atoms with Crippen LogP contribution in [0.15, 0.2) is 64.6 Å². The van der Waals surface area contributed by atoms with Crippen LogP contribution in [0, 0.1) is 13.8 Å². The maximum atomic E-state index is 13.2. The smallest absolute Gasteiger partial charge is 0.335 e. The largest absolute Gasteiger partial charge is 0.486 e. The molecule has 0 atom stereocenters. The van der Waals surface area contributed by atoms with Crippen molar-refractivity contribution >= 4 is 63.1 Å². The number of hydrogen-bond donors (Lipinski definition) is 2. The molecule has 0 aromatic heterocycles. The predicted molar refractivity (Wildman–Crippen MR) is 142 cm³/mol. The quantitative estimate of drug-likeness (QED) is 0.286. The van der Waals surface area contributed by atoms with Gasteiger partial charge in [0, 0.05) is 0 Å². The number of carbonyl (C=O) groups excluding carboxylic acids is 3. The second-order valence-corrected chi connectivity index (χ2v) is 9.59. The number of nitrogens with one attached hydrogen (secondary N) is 1. The van der Waals surface area contributed by atoms with Crippen LogP contribution in [-0.4, -0.2) is 28.9 Å². The minimum absolute atomic E-state index is 0.132. The highest BCUT2D eigenvalue weighted by Gasteiger charge is 2.37. The Labute approximate surface area is 225 Å². The van der Waals surface area contributed by atoms with E-state index in [4.69, 9.17) is 21.4 Å². The number of urea groups is 1. The molecule has 3 aromatic rings. The van der Waals surface area contributed by atoms with Gasteiger partial charge in [0.05, 0.1) is 20.7 Å². The Kier molecular flexibility index (Phi) is 7.47. The predicted octanol–water partition coefficient (Wildman–Crippen LogP) is 5.66. The fourth-order valence-corrected chi connectivity index (χ4v) is 4.61. The van der Waals surface area contributed by atoms with Crippen molar-refractivity contribution in [3.8, 4) is 5.75 Å². The van der Waals surface area contributed by atoms with Gasteiger partial charge in [-0.1, -0.05) is 29.8 Å². The highest BCUT2D eigenvalue weighted by molar-refractivity contribution is 9.10. The van der Waals surface area contributed by atoms with Crippen LogP contribution < -0.4 is 15.0 Å². The Morgan fingerprint density at radius 1 is 1.05 bits per heavy atom. The molecule has 0 saturated carbocycles. The van der Waals surface area contributed by atoms with E-state index in [9.17, 15) is 19.2 Å². The van der Waals surface area contributed by atoms with Crippen molar-refractivity contribution in [1.29, 1.82) is 0 Å². The van der Waals surface area contributed by atoms with E-state index < -0.39 is 23.8 Å². The number of anilines is 1. The van der Waals surface area contributed by atoms with Crippen LogP contribution in [0.2, 0.25) is 5.02 Å². The number of amides is 4. The number of imide groups is 2. The molecule has 1 fully saturated rings. The summed E-state index contributed by atoms with van der Waals surface area (Å²) in [4.78, 5) is 50.1. The van der Waals surface area contributed by atoms with Crippen LogP contribution in [0.25, 0.3) is 6.08 Å². The van der Waals surface area contributed by atoms with Gasteiger partial charge in [-0.3, -0.25) is 14.9 Å². The van der Waals surface area contributed by atoms with Crippen molar-refractivity contribution in [1.82, 2.24) is 5.32 Å². The van der Waals surface area contributed by atoms with Crippen molar-refractivity contribution < 1.29 is 29.0 Å². The standard InChI is InChI=1S/C27H20BrClN2O6/c1-14-3-8-19(9-15(14)2)31-25(33)20(24(32)30-27(31)36)10-17-11-21(28)23(22(29)12-17)37-13-16-4-6-18(7-5-16)26(34)35/h3-12H,13H2,1-2H3,(H,34,35)(H,30,32,36)/b20-10+. The summed E-state index contributed by atoms with van der Waals surface area (Å²) in [6, 6.07) is 13.7. The van der Waals surface area contributed by atoms with Crippen LogP contribution in [0.1, 0.15) is 32.6 Å². The summed E-state index contributed by atoms with van der Waals surface area (Å²) in [7, 11) is 0. The monoisotopic (exact) mass is 582 g/mol. The zero-order chi connectivity index (χ0) is 26.9. The Bertz CT molecular complexity index is 1460. The van der Waals surface area contributed by atoms with Gasteiger partial charge in [-0.2, -0.15) is 0 Å². The van der Waals surface area contributed by atoms with E-state index in [0.717, 1.165) is 21.6 Å². The van der Waals surface area contributed by atoms with Crippen LogP contribution >= 0.6 is 27.5 Å². The summed E-state index contributed by atoms with van der Waals surface area (Å²) in [5, 5.41) is 11.4. The molecular formula is C27H20BrClN2O6. The molecule has 1 saturated heterocycles. The molecule has 0 radical (unpaired) electrons. The number of carboxylic acid groups (broad SMARTS) is 1. The van der Waals surface area contributed by atoms with Crippen molar-refractivity contribution in [2.45, 2.75) is 20.5 Å². The Morgan fingerprint density at radius 3 is 2.38 bits per heavy atom. The van der Waals surface area contributed by atoms with Crippen LogP contribution in [0.5, 0.6) is 5.75 Å². The number of nitrogens with zero attached hydrogens (tertiary/aromatic N) is 1. The Balaban J connectivity index is 1.58. The number of benzene rings is 3. The minimum atomic E-state index is -1.02. The van der Waals surface area contributed by atoms with Gasteiger partial charge >= 0.3 is 12.0 Å². The molecule has 188 valence electrons. The van der Waals surface area contributed by atoms with Gasteiger partial charge in [-0.05, 0) is 94.5 Å². The minimum Gasteiger partial charge on any atom is -0.486 e. The molecular weight excluding hydrogens is 564 g/mol. The molecule has 0 unspecified atom stereocenters. The molecule has 1 aliphatic rings. The molecule has 1 aliphatic heterocycles. The van der Waals surface area contributed by atoms with Gasteiger partial charge in [-0.25, -0.2) is 14.5 Å². The summed E-state index contributed by atoms with van der Waals surface area (Å²) in [6.07, 6.45) is 1.35. The summed E-state index contributed by atoms with van der Waals surface area (Å²) in [6.45, 7) is 3.91. The lowest BCUT2D eigenvalue weighted by atomic mass is 10.0. The number of aromatic carboxylic acids is 1. The van der Waals surface area contributed by atoms with Gasteiger partial charge < -0.3 is 9.84 Å². The molecule has 1 heterocycles. The number of carboxylic acids is 1. The SMILES string of the molecule is Cc1ccc(N2C(=O)NC(=O)/C(=C\c3cc(Cl)c(OCc4ccc(C(=O)O)cc4)c(Br)c3)C2=O)cc1C. The summed E-state index contributed by atoms with van der Waals surface area (Å²) in [5.41, 5.74) is 3.35. The first-order chi connectivity index (χ1) is 17.5. The molecule has 8 nitrogen and oxygen atoms in total. The van der Waals surface area contributed by atoms with Gasteiger partial charge in [-0.15, -0.1) is 0 Å². The molecule has 0 spiro atoms. The van der Waals surface area contributed by atoms with Crippen molar-refractivity contribution in [2.75, 3.05) is 4.90 Å². The topological polar surface area (TPSA) is 113 Å². The average Bonchev–Trinajstić information content (AvgIpc) is 2.83. The Morgan fingerprint density at radius 2 is 1.76 bits per heavy atom. The van der Waals surface area contributed by atoms with Crippen LogP contribution in [0.3, 0.4) is 0 Å². The van der Waals surface area contributed by atoms with E-state index in [0.29, 0.717) is 21.5 Å². The normalized spacial score (nSPS) is 14.6. The van der Waals surface area contributed by atoms with E-state index in [1.807, 2.05) is 13.8 Å². The first-order valence-corrected chi connectivity index (χ1v) is 12.1. The summed E-state index contributed by atoms with van der Waals surface area (Å²) in [5.74, 6) is -2.26. The van der Waals surface area contributed by atoms with Gasteiger partial charge in [0.2, 0.25) is 0 Å². The van der Waals surface area contributed by atoms with Gasteiger partial charge in [0.15, 0.2) is 5.75 Å². The number of ether oxygens (including phenoxy) is 1. The molecule has 0 bridgehead atoms. The Hall–Kier alpha value is -3.95. The van der Waals surface area contributed by atoms with Gasteiger partial charge in [0.1, 0.15) is 12.2 Å². The average molecular weight is 584 g/mol.